The van der Waals surface area contributed by atoms with E-state index in [1.165, 1.54) is 11.1 Å². The van der Waals surface area contributed by atoms with Crippen molar-refractivity contribution in [3.8, 4) is 5.75 Å². The lowest BCUT2D eigenvalue weighted by Crippen LogP contribution is -2.15. The Morgan fingerprint density at radius 2 is 2.36 bits per heavy atom. The molecule has 2 nitrogen and oxygen atoms in total. The Morgan fingerprint density at radius 1 is 1.50 bits per heavy atom. The highest BCUT2D eigenvalue weighted by molar-refractivity contribution is 5.44. The zero-order valence-corrected chi connectivity index (χ0v) is 8.49. The molecule has 76 valence electrons. The Morgan fingerprint density at radius 3 is 3.14 bits per heavy atom. The van der Waals surface area contributed by atoms with E-state index in [1.807, 2.05) is 0 Å². The Labute approximate surface area is 84.5 Å². The van der Waals surface area contributed by atoms with E-state index >= 15 is 0 Å². The third-order valence-corrected chi connectivity index (χ3v) is 2.87. The van der Waals surface area contributed by atoms with Crippen LogP contribution in [0.1, 0.15) is 29.9 Å². The van der Waals surface area contributed by atoms with E-state index in [4.69, 9.17) is 9.84 Å². The largest absolute Gasteiger partial charge is 0.493 e. The predicted octanol–water partition coefficient (Wildman–Crippen LogP) is 2.24. The van der Waals surface area contributed by atoms with E-state index in [-0.39, 0.29) is 6.61 Å². The van der Waals surface area contributed by atoms with E-state index in [0.717, 1.165) is 25.2 Å². The van der Waals surface area contributed by atoms with Crippen LogP contribution < -0.4 is 4.74 Å². The fraction of sp³-hybridized carbons (Fsp3) is 0.500. The molecule has 1 aromatic rings. The molecule has 1 aliphatic heterocycles. The molecule has 1 aliphatic rings. The molecule has 0 aliphatic carbocycles. The van der Waals surface area contributed by atoms with Gasteiger partial charge >= 0.3 is 0 Å². The zero-order chi connectivity index (χ0) is 9.97. The van der Waals surface area contributed by atoms with Crippen LogP contribution >= 0.6 is 0 Å². The number of aryl methyl sites for hydroxylation is 1. The van der Waals surface area contributed by atoms with Crippen molar-refractivity contribution in [2.75, 3.05) is 13.2 Å². The first-order chi connectivity index (χ1) is 6.83. The fourth-order valence-corrected chi connectivity index (χ4v) is 2.11. The molecule has 0 saturated heterocycles. The van der Waals surface area contributed by atoms with E-state index in [1.54, 1.807) is 0 Å². The maximum Gasteiger partial charge on any atom is 0.125 e. The van der Waals surface area contributed by atoms with Gasteiger partial charge in [-0.15, -0.1) is 0 Å². The molecule has 0 fully saturated rings. The van der Waals surface area contributed by atoms with Gasteiger partial charge in [0.1, 0.15) is 5.75 Å². The number of fused-ring (bicyclic) bond motifs is 1. The average molecular weight is 192 g/mol. The molecule has 0 aromatic heterocycles. The van der Waals surface area contributed by atoms with Gasteiger partial charge in [0, 0.05) is 6.61 Å². The van der Waals surface area contributed by atoms with Crippen molar-refractivity contribution in [1.82, 2.24) is 0 Å². The third kappa shape index (κ3) is 1.62. The van der Waals surface area contributed by atoms with Crippen LogP contribution in [0.3, 0.4) is 0 Å². The Bertz CT molecular complexity index is 320. The molecule has 1 aromatic carbocycles. The molecule has 1 N–H and O–H groups in total. The van der Waals surface area contributed by atoms with Crippen LogP contribution in [0, 0.1) is 6.92 Å². The van der Waals surface area contributed by atoms with Gasteiger partial charge in [0.2, 0.25) is 0 Å². The fourth-order valence-electron chi connectivity index (χ4n) is 2.11. The normalized spacial score (nSPS) is 20.0. The van der Waals surface area contributed by atoms with Crippen molar-refractivity contribution in [3.05, 3.63) is 29.3 Å². The number of aliphatic hydroxyl groups excluding tert-OH is 1. The highest BCUT2D eigenvalue weighted by Gasteiger charge is 2.21. The van der Waals surface area contributed by atoms with Crippen LogP contribution in [0.4, 0.5) is 0 Å². The molecular formula is C12H16O2. The van der Waals surface area contributed by atoms with Gasteiger partial charge in [-0.1, -0.05) is 18.2 Å². The highest BCUT2D eigenvalue weighted by Crippen LogP contribution is 2.37. The van der Waals surface area contributed by atoms with Crippen molar-refractivity contribution in [2.24, 2.45) is 0 Å². The summed E-state index contributed by atoms with van der Waals surface area (Å²) in [4.78, 5) is 0. The molecule has 0 saturated carbocycles. The summed E-state index contributed by atoms with van der Waals surface area (Å²) in [7, 11) is 0. The Hall–Kier alpha value is -1.02. The number of aliphatic hydroxyl groups is 1. The molecule has 0 spiro atoms. The predicted molar refractivity (Wildman–Crippen MR) is 55.7 cm³/mol. The molecule has 2 heteroatoms. The van der Waals surface area contributed by atoms with Crippen LogP contribution in [0.2, 0.25) is 0 Å². The molecule has 0 radical (unpaired) electrons. The smallest absolute Gasteiger partial charge is 0.125 e. The molecular weight excluding hydrogens is 176 g/mol. The number of ether oxygens (including phenoxy) is 1. The summed E-state index contributed by atoms with van der Waals surface area (Å²) in [6.07, 6.45) is 1.87. The van der Waals surface area contributed by atoms with Gasteiger partial charge in [0.25, 0.3) is 0 Å². The lowest BCUT2D eigenvalue weighted by molar-refractivity contribution is 0.229. The maximum atomic E-state index is 8.97. The minimum Gasteiger partial charge on any atom is -0.493 e. The summed E-state index contributed by atoms with van der Waals surface area (Å²) in [5, 5.41) is 8.97. The average Bonchev–Trinajstić information content (AvgIpc) is 2.20. The molecule has 0 amide bonds. The second-order valence-corrected chi connectivity index (χ2v) is 3.84. The summed E-state index contributed by atoms with van der Waals surface area (Å²) in [5.41, 5.74) is 2.47. The molecule has 0 bridgehead atoms. The first kappa shape index (κ1) is 9.53. The molecule has 14 heavy (non-hydrogen) atoms. The zero-order valence-electron chi connectivity index (χ0n) is 8.49. The van der Waals surface area contributed by atoms with E-state index in [2.05, 4.69) is 25.1 Å². The minimum absolute atomic E-state index is 0.262. The lowest BCUT2D eigenvalue weighted by Gasteiger charge is -2.26. The first-order valence-electron chi connectivity index (χ1n) is 5.16. The summed E-state index contributed by atoms with van der Waals surface area (Å²) in [6.45, 7) is 3.11. The number of rotatable bonds is 2. The topological polar surface area (TPSA) is 29.5 Å². The van der Waals surface area contributed by atoms with E-state index in [9.17, 15) is 0 Å². The standard InChI is InChI=1S/C12H16O2/c1-9-3-2-4-11-10(5-7-13)6-8-14-12(9)11/h2-4,10,13H,5-8H2,1H3. The number of benzene rings is 1. The number of hydrogen-bond acceptors (Lipinski definition) is 2. The number of hydrogen-bond donors (Lipinski definition) is 1. The van der Waals surface area contributed by atoms with Crippen molar-refractivity contribution >= 4 is 0 Å². The van der Waals surface area contributed by atoms with Gasteiger partial charge in [-0.25, -0.2) is 0 Å². The second kappa shape index (κ2) is 4.01. The Kier molecular flexibility index (Phi) is 2.73. The van der Waals surface area contributed by atoms with Crippen molar-refractivity contribution < 1.29 is 9.84 Å². The van der Waals surface area contributed by atoms with Crippen molar-refractivity contribution in [3.63, 3.8) is 0 Å². The maximum absolute atomic E-state index is 8.97. The van der Waals surface area contributed by atoms with Gasteiger partial charge in [0.05, 0.1) is 6.61 Å². The number of para-hydroxylation sites is 1. The summed E-state index contributed by atoms with van der Waals surface area (Å²) in [5.74, 6) is 1.51. The van der Waals surface area contributed by atoms with E-state index < -0.39 is 0 Å². The van der Waals surface area contributed by atoms with Crippen LogP contribution in [0.15, 0.2) is 18.2 Å². The second-order valence-electron chi connectivity index (χ2n) is 3.84. The highest BCUT2D eigenvalue weighted by atomic mass is 16.5. The molecule has 2 rings (SSSR count). The SMILES string of the molecule is Cc1cccc2c1OCCC2CCO. The Balaban J connectivity index is 2.34. The quantitative estimate of drug-likeness (QED) is 0.778. The monoisotopic (exact) mass is 192 g/mol. The van der Waals surface area contributed by atoms with Gasteiger partial charge in [-0.2, -0.15) is 0 Å². The molecule has 1 unspecified atom stereocenters. The summed E-state index contributed by atoms with van der Waals surface area (Å²) < 4.78 is 5.65. The van der Waals surface area contributed by atoms with Gasteiger partial charge in [0.15, 0.2) is 0 Å². The molecule has 1 atom stereocenters. The first-order valence-corrected chi connectivity index (χ1v) is 5.16. The minimum atomic E-state index is 0.262. The lowest BCUT2D eigenvalue weighted by atomic mass is 9.89. The van der Waals surface area contributed by atoms with Crippen LogP contribution in [-0.2, 0) is 0 Å². The third-order valence-electron chi connectivity index (χ3n) is 2.87. The van der Waals surface area contributed by atoms with Crippen molar-refractivity contribution in [2.45, 2.75) is 25.7 Å². The summed E-state index contributed by atoms with van der Waals surface area (Å²) >= 11 is 0. The van der Waals surface area contributed by atoms with Gasteiger partial charge in [-0.05, 0) is 36.8 Å². The van der Waals surface area contributed by atoms with E-state index in [0.29, 0.717) is 5.92 Å². The van der Waals surface area contributed by atoms with Crippen LogP contribution in [-0.4, -0.2) is 18.3 Å². The van der Waals surface area contributed by atoms with Gasteiger partial charge < -0.3 is 9.84 Å². The van der Waals surface area contributed by atoms with Crippen LogP contribution in [0.5, 0.6) is 5.75 Å². The molecule has 1 heterocycles. The van der Waals surface area contributed by atoms with Gasteiger partial charge in [-0.3, -0.25) is 0 Å². The van der Waals surface area contributed by atoms with Crippen molar-refractivity contribution in [1.29, 1.82) is 0 Å². The van der Waals surface area contributed by atoms with Crippen LogP contribution in [0.25, 0.3) is 0 Å². The summed E-state index contributed by atoms with van der Waals surface area (Å²) in [6, 6.07) is 6.25.